The second-order valence-electron chi connectivity index (χ2n) is 5.61. The van der Waals surface area contributed by atoms with E-state index in [1.807, 2.05) is 35.0 Å². The number of rotatable bonds is 3. The van der Waals surface area contributed by atoms with Crippen molar-refractivity contribution >= 4 is 27.4 Å². The van der Waals surface area contributed by atoms with Crippen LogP contribution in [-0.2, 0) is 0 Å². The van der Waals surface area contributed by atoms with Crippen LogP contribution in [0.3, 0.4) is 0 Å². The molecule has 0 aromatic carbocycles. The summed E-state index contributed by atoms with van der Waals surface area (Å²) in [6.45, 7) is 1.02. The van der Waals surface area contributed by atoms with Crippen molar-refractivity contribution in [3.8, 4) is 11.4 Å². The van der Waals surface area contributed by atoms with Crippen LogP contribution in [0.5, 0.6) is 0 Å². The van der Waals surface area contributed by atoms with E-state index in [1.165, 1.54) is 0 Å². The molecule has 0 saturated carbocycles. The van der Waals surface area contributed by atoms with Gasteiger partial charge in [0, 0.05) is 18.9 Å². The van der Waals surface area contributed by atoms with E-state index in [2.05, 4.69) is 35.8 Å². The van der Waals surface area contributed by atoms with Crippen LogP contribution in [0.2, 0.25) is 0 Å². The Labute approximate surface area is 142 Å². The Hall–Kier alpha value is -1.99. The Bertz CT molecular complexity index is 835. The molecular formula is C16H16BrN5O. The molecular weight excluding hydrogens is 358 g/mol. The molecule has 6 nitrogen and oxygen atoms in total. The number of nitrogens with zero attached hydrogens (tertiary/aromatic N) is 5. The summed E-state index contributed by atoms with van der Waals surface area (Å²) in [6, 6.07) is 5.92. The Balaban J connectivity index is 1.89. The van der Waals surface area contributed by atoms with Gasteiger partial charge in [-0.1, -0.05) is 6.07 Å². The van der Waals surface area contributed by atoms with E-state index < -0.39 is 0 Å². The van der Waals surface area contributed by atoms with Gasteiger partial charge in [-0.25, -0.2) is 9.97 Å². The molecule has 4 heterocycles. The molecule has 0 unspecified atom stereocenters. The summed E-state index contributed by atoms with van der Waals surface area (Å²) in [6.07, 6.45) is 7.53. The van der Waals surface area contributed by atoms with Crippen molar-refractivity contribution in [2.75, 3.05) is 18.1 Å². The van der Waals surface area contributed by atoms with Gasteiger partial charge in [0.15, 0.2) is 11.5 Å². The van der Waals surface area contributed by atoms with Gasteiger partial charge in [0.2, 0.25) is 0 Å². The second-order valence-corrected chi connectivity index (χ2v) is 6.42. The molecule has 1 atom stereocenters. The molecule has 3 aromatic rings. The van der Waals surface area contributed by atoms with E-state index in [1.54, 1.807) is 6.20 Å². The highest BCUT2D eigenvalue weighted by Crippen LogP contribution is 2.30. The monoisotopic (exact) mass is 373 g/mol. The van der Waals surface area contributed by atoms with Crippen molar-refractivity contribution in [2.24, 2.45) is 0 Å². The summed E-state index contributed by atoms with van der Waals surface area (Å²) in [7, 11) is 0. The van der Waals surface area contributed by atoms with Crippen LogP contribution in [0.4, 0.5) is 5.82 Å². The van der Waals surface area contributed by atoms with Crippen LogP contribution in [0.1, 0.15) is 12.8 Å². The smallest absolute Gasteiger partial charge is 0.180 e. The van der Waals surface area contributed by atoms with Crippen molar-refractivity contribution < 1.29 is 5.11 Å². The number of aliphatic hydroxyl groups is 1. The maximum Gasteiger partial charge on any atom is 0.180 e. The zero-order valence-electron chi connectivity index (χ0n) is 12.4. The number of hydrogen-bond acceptors (Lipinski definition) is 5. The first kappa shape index (κ1) is 14.6. The van der Waals surface area contributed by atoms with Gasteiger partial charge < -0.3 is 10.0 Å². The number of halogens is 1. The number of aliphatic hydroxyl groups excluding tert-OH is 1. The van der Waals surface area contributed by atoms with Gasteiger partial charge in [-0.2, -0.15) is 0 Å². The predicted octanol–water partition coefficient (Wildman–Crippen LogP) is 2.51. The first-order valence-corrected chi connectivity index (χ1v) is 8.40. The molecule has 1 aliphatic heterocycles. The van der Waals surface area contributed by atoms with Crippen LogP contribution < -0.4 is 4.90 Å². The summed E-state index contributed by atoms with van der Waals surface area (Å²) in [4.78, 5) is 15.7. The van der Waals surface area contributed by atoms with Crippen molar-refractivity contribution in [1.29, 1.82) is 0 Å². The number of imidazole rings is 1. The number of fused-ring (bicyclic) bond motifs is 1. The third-order valence-corrected chi connectivity index (χ3v) is 4.61. The van der Waals surface area contributed by atoms with E-state index in [4.69, 9.17) is 0 Å². The minimum Gasteiger partial charge on any atom is -0.394 e. The number of hydrogen-bond donors (Lipinski definition) is 1. The van der Waals surface area contributed by atoms with Crippen molar-refractivity contribution in [1.82, 2.24) is 19.4 Å². The zero-order valence-corrected chi connectivity index (χ0v) is 14.0. The Morgan fingerprint density at radius 2 is 2.22 bits per heavy atom. The third-order valence-electron chi connectivity index (χ3n) is 4.23. The standard InChI is InChI=1S/C16H16BrN5O/c17-14-9-22-13(12-5-1-2-6-18-12)8-19-15(22)16(20-14)21-7-3-4-11(21)10-23/h1-2,5-6,8-9,11,23H,3-4,7,10H2/t11-/m1/s1. The summed E-state index contributed by atoms with van der Waals surface area (Å²) in [5, 5.41) is 9.60. The predicted molar refractivity (Wildman–Crippen MR) is 91.4 cm³/mol. The molecule has 1 aliphatic rings. The van der Waals surface area contributed by atoms with Gasteiger partial charge in [0.05, 0.1) is 30.2 Å². The average molecular weight is 374 g/mol. The van der Waals surface area contributed by atoms with Crippen molar-refractivity contribution in [3.05, 3.63) is 41.4 Å². The van der Waals surface area contributed by atoms with Gasteiger partial charge in [0.25, 0.3) is 0 Å². The minimum absolute atomic E-state index is 0.107. The average Bonchev–Trinajstić information content (AvgIpc) is 3.21. The number of pyridine rings is 1. The zero-order chi connectivity index (χ0) is 15.8. The molecule has 118 valence electrons. The van der Waals surface area contributed by atoms with Crippen LogP contribution in [0.25, 0.3) is 17.0 Å². The first-order chi connectivity index (χ1) is 11.3. The fourth-order valence-electron chi connectivity index (χ4n) is 3.14. The Kier molecular flexibility index (Phi) is 3.74. The molecule has 0 aliphatic carbocycles. The Morgan fingerprint density at radius 3 is 3.00 bits per heavy atom. The topological polar surface area (TPSA) is 66.5 Å². The molecule has 3 aromatic heterocycles. The molecule has 0 radical (unpaired) electrons. The van der Waals surface area contributed by atoms with Gasteiger partial charge >= 0.3 is 0 Å². The molecule has 4 rings (SSSR count). The van der Waals surface area contributed by atoms with E-state index >= 15 is 0 Å². The molecule has 7 heteroatoms. The third kappa shape index (κ3) is 2.49. The van der Waals surface area contributed by atoms with Gasteiger partial charge in [-0.3, -0.25) is 9.38 Å². The number of aromatic nitrogens is 4. The van der Waals surface area contributed by atoms with Crippen molar-refractivity contribution in [3.63, 3.8) is 0 Å². The summed E-state index contributed by atoms with van der Waals surface area (Å²) in [5.41, 5.74) is 2.57. The lowest BCUT2D eigenvalue weighted by Gasteiger charge is -2.24. The summed E-state index contributed by atoms with van der Waals surface area (Å²) in [5.74, 6) is 0.804. The fourth-order valence-corrected chi connectivity index (χ4v) is 3.52. The lowest BCUT2D eigenvalue weighted by molar-refractivity contribution is 0.266. The highest BCUT2D eigenvalue weighted by molar-refractivity contribution is 9.10. The SMILES string of the molecule is OC[C@H]1CCCN1c1nc(Br)cn2c(-c3ccccn3)cnc12. The van der Waals surface area contributed by atoms with Crippen molar-refractivity contribution in [2.45, 2.75) is 18.9 Å². The highest BCUT2D eigenvalue weighted by Gasteiger charge is 2.28. The fraction of sp³-hybridized carbons (Fsp3) is 0.312. The lowest BCUT2D eigenvalue weighted by Crippen LogP contribution is -2.33. The molecule has 1 fully saturated rings. The van der Waals surface area contributed by atoms with Crippen LogP contribution in [0, 0.1) is 0 Å². The molecule has 1 saturated heterocycles. The summed E-state index contributed by atoms with van der Waals surface area (Å²) >= 11 is 3.49. The first-order valence-electron chi connectivity index (χ1n) is 7.60. The lowest BCUT2D eigenvalue weighted by atomic mass is 10.2. The maximum atomic E-state index is 9.60. The second kappa shape index (κ2) is 5.90. The van der Waals surface area contributed by atoms with Gasteiger partial charge in [-0.15, -0.1) is 0 Å². The molecule has 0 spiro atoms. The molecule has 0 amide bonds. The molecule has 23 heavy (non-hydrogen) atoms. The van der Waals surface area contributed by atoms with E-state index in [9.17, 15) is 5.11 Å². The van der Waals surface area contributed by atoms with E-state index in [0.717, 1.165) is 46.8 Å². The quantitative estimate of drug-likeness (QED) is 0.763. The minimum atomic E-state index is 0.107. The van der Waals surface area contributed by atoms with Crippen LogP contribution in [-0.4, -0.2) is 43.7 Å². The van der Waals surface area contributed by atoms with Gasteiger partial charge in [0.1, 0.15) is 4.60 Å². The van der Waals surface area contributed by atoms with E-state index in [-0.39, 0.29) is 12.6 Å². The largest absolute Gasteiger partial charge is 0.394 e. The van der Waals surface area contributed by atoms with Crippen LogP contribution in [0.15, 0.2) is 41.4 Å². The summed E-state index contributed by atoms with van der Waals surface area (Å²) < 4.78 is 2.74. The molecule has 1 N–H and O–H groups in total. The Morgan fingerprint density at radius 1 is 1.30 bits per heavy atom. The normalized spacial score (nSPS) is 18.0. The highest BCUT2D eigenvalue weighted by atomic mass is 79.9. The van der Waals surface area contributed by atoms with Gasteiger partial charge in [-0.05, 0) is 40.9 Å². The maximum absolute atomic E-state index is 9.60. The number of anilines is 1. The van der Waals surface area contributed by atoms with E-state index in [0.29, 0.717) is 0 Å². The molecule has 0 bridgehead atoms. The van der Waals surface area contributed by atoms with Crippen LogP contribution >= 0.6 is 15.9 Å².